The third-order valence-corrected chi connectivity index (χ3v) is 2.03. The molecule has 0 atom stereocenters. The maximum Gasteiger partial charge on any atom is 0.130 e. The highest BCUT2D eigenvalue weighted by Gasteiger charge is 2.21. The van der Waals surface area contributed by atoms with E-state index in [0.717, 1.165) is 11.4 Å². The number of nitrogens with one attached hydrogen (secondary N) is 1. The molecule has 1 aliphatic rings. The van der Waals surface area contributed by atoms with Crippen LogP contribution in [0.25, 0.3) is 0 Å². The number of hydrogen-bond acceptors (Lipinski definition) is 3. The number of aromatic nitrogens is 1. The first-order chi connectivity index (χ1) is 5.90. The molecule has 12 heavy (non-hydrogen) atoms. The lowest BCUT2D eigenvalue weighted by molar-refractivity contribution is 1.02. The molecule has 0 saturated heterocycles. The molecule has 1 heterocycles. The van der Waals surface area contributed by atoms with Crippen LogP contribution in [0.1, 0.15) is 18.4 Å². The molecule has 1 aromatic rings. The van der Waals surface area contributed by atoms with Gasteiger partial charge in [0.2, 0.25) is 0 Å². The number of rotatable bonds is 3. The van der Waals surface area contributed by atoms with Gasteiger partial charge in [-0.25, -0.2) is 4.98 Å². The zero-order valence-electron chi connectivity index (χ0n) is 6.96. The molecule has 1 fully saturated rings. The van der Waals surface area contributed by atoms with Crippen molar-refractivity contribution in [2.45, 2.75) is 25.4 Å². The van der Waals surface area contributed by atoms with Crippen LogP contribution in [-0.2, 0) is 6.54 Å². The van der Waals surface area contributed by atoms with Crippen LogP contribution in [0.4, 0.5) is 5.82 Å². The van der Waals surface area contributed by atoms with Gasteiger partial charge in [0.15, 0.2) is 0 Å². The summed E-state index contributed by atoms with van der Waals surface area (Å²) in [6.45, 7) is 0.558. The first-order valence-electron chi connectivity index (χ1n) is 4.30. The Kier molecular flexibility index (Phi) is 1.96. The van der Waals surface area contributed by atoms with Crippen molar-refractivity contribution >= 4 is 5.82 Å². The maximum absolute atomic E-state index is 5.57. The van der Waals surface area contributed by atoms with Gasteiger partial charge >= 0.3 is 0 Å². The minimum atomic E-state index is 0.558. The van der Waals surface area contributed by atoms with Gasteiger partial charge in [-0.1, -0.05) is 6.07 Å². The standard InChI is InChI=1S/C9H13N3/c10-6-7-2-1-5-11-9(7)12-8-3-4-8/h1-2,5,8H,3-4,6,10H2,(H,11,12). The molecule has 3 nitrogen and oxygen atoms in total. The highest BCUT2D eigenvalue weighted by molar-refractivity contribution is 5.45. The molecule has 1 saturated carbocycles. The Morgan fingerprint density at radius 1 is 1.58 bits per heavy atom. The smallest absolute Gasteiger partial charge is 0.130 e. The van der Waals surface area contributed by atoms with Gasteiger partial charge in [-0.15, -0.1) is 0 Å². The van der Waals surface area contributed by atoms with Gasteiger partial charge in [-0.2, -0.15) is 0 Å². The van der Waals surface area contributed by atoms with Crippen LogP contribution in [0.5, 0.6) is 0 Å². The molecule has 3 heteroatoms. The number of anilines is 1. The lowest BCUT2D eigenvalue weighted by atomic mass is 10.2. The predicted octanol–water partition coefficient (Wildman–Crippen LogP) is 1.11. The summed E-state index contributed by atoms with van der Waals surface area (Å²) in [5.74, 6) is 0.961. The van der Waals surface area contributed by atoms with Crippen LogP contribution in [0.15, 0.2) is 18.3 Å². The summed E-state index contributed by atoms with van der Waals surface area (Å²) in [4.78, 5) is 4.24. The quantitative estimate of drug-likeness (QED) is 0.702. The minimum absolute atomic E-state index is 0.558. The zero-order valence-corrected chi connectivity index (χ0v) is 6.96. The monoisotopic (exact) mass is 163 g/mol. The Hall–Kier alpha value is -1.09. The van der Waals surface area contributed by atoms with Gasteiger partial charge in [0, 0.05) is 24.3 Å². The molecule has 0 spiro atoms. The van der Waals surface area contributed by atoms with Crippen molar-refractivity contribution in [3.63, 3.8) is 0 Å². The van der Waals surface area contributed by atoms with Crippen molar-refractivity contribution in [1.29, 1.82) is 0 Å². The molecule has 0 radical (unpaired) electrons. The van der Waals surface area contributed by atoms with Crippen LogP contribution >= 0.6 is 0 Å². The first-order valence-corrected chi connectivity index (χ1v) is 4.30. The van der Waals surface area contributed by atoms with E-state index in [-0.39, 0.29) is 0 Å². The van der Waals surface area contributed by atoms with Gasteiger partial charge in [-0.3, -0.25) is 0 Å². The first kappa shape index (κ1) is 7.55. The van der Waals surface area contributed by atoms with Crippen molar-refractivity contribution in [2.24, 2.45) is 5.73 Å². The van der Waals surface area contributed by atoms with Gasteiger partial charge < -0.3 is 11.1 Å². The van der Waals surface area contributed by atoms with E-state index in [4.69, 9.17) is 5.73 Å². The van der Waals surface area contributed by atoms with E-state index in [1.807, 2.05) is 12.1 Å². The Morgan fingerprint density at radius 3 is 3.08 bits per heavy atom. The average molecular weight is 163 g/mol. The number of nitrogens with two attached hydrogens (primary N) is 1. The summed E-state index contributed by atoms with van der Waals surface area (Å²) in [7, 11) is 0. The highest BCUT2D eigenvalue weighted by atomic mass is 15.0. The lowest BCUT2D eigenvalue weighted by Gasteiger charge is -2.07. The van der Waals surface area contributed by atoms with E-state index in [9.17, 15) is 0 Å². The summed E-state index contributed by atoms with van der Waals surface area (Å²) in [6.07, 6.45) is 4.32. The van der Waals surface area contributed by atoms with Crippen molar-refractivity contribution in [1.82, 2.24) is 4.98 Å². The fraction of sp³-hybridized carbons (Fsp3) is 0.444. The molecular weight excluding hydrogens is 150 g/mol. The second-order valence-corrected chi connectivity index (χ2v) is 3.13. The molecule has 1 aliphatic carbocycles. The molecule has 0 aliphatic heterocycles. The van der Waals surface area contributed by atoms with Crippen LogP contribution in [0.2, 0.25) is 0 Å². The molecule has 3 N–H and O–H groups in total. The Labute approximate surface area is 72.0 Å². The third-order valence-electron chi connectivity index (χ3n) is 2.03. The van der Waals surface area contributed by atoms with Crippen LogP contribution < -0.4 is 11.1 Å². The van der Waals surface area contributed by atoms with Crippen LogP contribution in [0, 0.1) is 0 Å². The topological polar surface area (TPSA) is 50.9 Å². The van der Waals surface area contributed by atoms with Crippen molar-refractivity contribution in [3.8, 4) is 0 Å². The van der Waals surface area contributed by atoms with Crippen molar-refractivity contribution < 1.29 is 0 Å². The summed E-state index contributed by atoms with van der Waals surface area (Å²) in [5.41, 5.74) is 6.67. The van der Waals surface area contributed by atoms with Crippen LogP contribution in [-0.4, -0.2) is 11.0 Å². The summed E-state index contributed by atoms with van der Waals surface area (Å²) >= 11 is 0. The summed E-state index contributed by atoms with van der Waals surface area (Å²) < 4.78 is 0. The Morgan fingerprint density at radius 2 is 2.42 bits per heavy atom. The van der Waals surface area contributed by atoms with E-state index < -0.39 is 0 Å². The predicted molar refractivity (Wildman–Crippen MR) is 48.8 cm³/mol. The fourth-order valence-corrected chi connectivity index (χ4v) is 1.15. The molecule has 2 rings (SSSR count). The largest absolute Gasteiger partial charge is 0.367 e. The van der Waals surface area contributed by atoms with E-state index in [0.29, 0.717) is 12.6 Å². The second-order valence-electron chi connectivity index (χ2n) is 3.13. The Balaban J connectivity index is 2.15. The lowest BCUT2D eigenvalue weighted by Crippen LogP contribution is -2.08. The van der Waals surface area contributed by atoms with E-state index in [1.54, 1.807) is 6.20 Å². The fourth-order valence-electron chi connectivity index (χ4n) is 1.15. The average Bonchev–Trinajstić information content (AvgIpc) is 2.89. The maximum atomic E-state index is 5.57. The van der Waals surface area contributed by atoms with E-state index in [2.05, 4.69) is 10.3 Å². The minimum Gasteiger partial charge on any atom is -0.367 e. The number of pyridine rings is 1. The van der Waals surface area contributed by atoms with Gasteiger partial charge in [0.05, 0.1) is 0 Å². The SMILES string of the molecule is NCc1cccnc1NC1CC1. The number of hydrogen-bond donors (Lipinski definition) is 2. The zero-order chi connectivity index (χ0) is 8.39. The third kappa shape index (κ3) is 1.56. The summed E-state index contributed by atoms with van der Waals surface area (Å²) in [5, 5.41) is 3.34. The second kappa shape index (κ2) is 3.11. The van der Waals surface area contributed by atoms with Crippen molar-refractivity contribution in [2.75, 3.05) is 5.32 Å². The van der Waals surface area contributed by atoms with Gasteiger partial charge in [0.1, 0.15) is 5.82 Å². The van der Waals surface area contributed by atoms with Crippen molar-refractivity contribution in [3.05, 3.63) is 23.9 Å². The molecule has 1 aromatic heterocycles. The van der Waals surface area contributed by atoms with Gasteiger partial charge in [-0.05, 0) is 18.9 Å². The highest BCUT2D eigenvalue weighted by Crippen LogP contribution is 2.24. The normalized spacial score (nSPS) is 16.1. The molecule has 64 valence electrons. The van der Waals surface area contributed by atoms with Crippen LogP contribution in [0.3, 0.4) is 0 Å². The Bertz CT molecular complexity index is 268. The summed E-state index contributed by atoms with van der Waals surface area (Å²) in [6, 6.07) is 4.57. The van der Waals surface area contributed by atoms with Gasteiger partial charge in [0.25, 0.3) is 0 Å². The molecule has 0 unspecified atom stereocenters. The molecule has 0 amide bonds. The van der Waals surface area contributed by atoms with E-state index >= 15 is 0 Å². The molecular formula is C9H13N3. The number of nitrogens with zero attached hydrogens (tertiary/aromatic N) is 1. The molecule has 0 aromatic carbocycles. The van der Waals surface area contributed by atoms with E-state index in [1.165, 1.54) is 12.8 Å². The molecule has 0 bridgehead atoms.